The Bertz CT molecular complexity index is 913. The highest BCUT2D eigenvalue weighted by atomic mass is 19.2. The predicted molar refractivity (Wildman–Crippen MR) is 95.7 cm³/mol. The Balaban J connectivity index is 1.77. The van der Waals surface area contributed by atoms with Crippen LogP contribution in [0.5, 0.6) is 0 Å². The van der Waals surface area contributed by atoms with Crippen LogP contribution in [0.25, 0.3) is 0 Å². The molecule has 1 heterocycles. The van der Waals surface area contributed by atoms with Crippen molar-refractivity contribution < 1.29 is 13.2 Å². The van der Waals surface area contributed by atoms with E-state index in [4.69, 9.17) is 0 Å². The number of nitrogens with one attached hydrogen (secondary N) is 2. The first-order valence-electron chi connectivity index (χ1n) is 7.72. The molecule has 3 aromatic rings. The minimum Gasteiger partial charge on any atom is -0.378 e. The third kappa shape index (κ3) is 3.85. The number of nitrogens with zero attached hydrogens (tertiary/aromatic N) is 3. The van der Waals surface area contributed by atoms with Gasteiger partial charge in [0.1, 0.15) is 5.82 Å². The molecule has 0 spiro atoms. The normalized spacial score (nSPS) is 10.5. The first-order valence-corrected chi connectivity index (χ1v) is 7.72. The van der Waals surface area contributed by atoms with Crippen molar-refractivity contribution in [2.75, 3.05) is 29.6 Å². The minimum atomic E-state index is -1.54. The summed E-state index contributed by atoms with van der Waals surface area (Å²) in [6, 6.07) is 11.0. The van der Waals surface area contributed by atoms with Crippen LogP contribution in [0.1, 0.15) is 0 Å². The molecule has 0 aliphatic carbocycles. The van der Waals surface area contributed by atoms with Crippen LogP contribution < -0.4 is 15.5 Å². The maximum absolute atomic E-state index is 13.8. The van der Waals surface area contributed by atoms with Gasteiger partial charge in [0.2, 0.25) is 5.95 Å². The molecule has 26 heavy (non-hydrogen) atoms. The zero-order chi connectivity index (χ0) is 18.7. The van der Waals surface area contributed by atoms with Crippen molar-refractivity contribution in [3.8, 4) is 0 Å². The smallest absolute Gasteiger partial charge is 0.229 e. The number of halogens is 3. The first kappa shape index (κ1) is 17.5. The second-order valence-corrected chi connectivity index (χ2v) is 5.68. The van der Waals surface area contributed by atoms with Gasteiger partial charge in [-0.15, -0.1) is 0 Å². The first-order chi connectivity index (χ1) is 12.4. The summed E-state index contributed by atoms with van der Waals surface area (Å²) in [6.45, 7) is 0. The van der Waals surface area contributed by atoms with Gasteiger partial charge in [-0.3, -0.25) is 0 Å². The van der Waals surface area contributed by atoms with Crippen LogP contribution in [0.3, 0.4) is 0 Å². The quantitative estimate of drug-likeness (QED) is 0.660. The highest BCUT2D eigenvalue weighted by Gasteiger charge is 2.14. The Morgan fingerprint density at radius 1 is 0.846 bits per heavy atom. The fraction of sp³-hybridized carbons (Fsp3) is 0.111. The Labute approximate surface area is 148 Å². The van der Waals surface area contributed by atoms with Gasteiger partial charge < -0.3 is 15.5 Å². The van der Waals surface area contributed by atoms with Gasteiger partial charge in [0, 0.05) is 31.7 Å². The fourth-order valence-electron chi connectivity index (χ4n) is 2.22. The summed E-state index contributed by atoms with van der Waals surface area (Å²) in [4.78, 5) is 10.2. The van der Waals surface area contributed by atoms with Gasteiger partial charge in [-0.2, -0.15) is 4.98 Å². The van der Waals surface area contributed by atoms with Crippen molar-refractivity contribution in [2.45, 2.75) is 0 Å². The lowest BCUT2D eigenvalue weighted by molar-refractivity contribution is 0.449. The number of benzene rings is 2. The van der Waals surface area contributed by atoms with Gasteiger partial charge in [-0.25, -0.2) is 18.2 Å². The molecule has 0 aliphatic heterocycles. The van der Waals surface area contributed by atoms with Crippen LogP contribution in [0.15, 0.2) is 48.7 Å². The molecule has 3 rings (SSSR count). The molecule has 0 fully saturated rings. The van der Waals surface area contributed by atoms with Gasteiger partial charge in [0.05, 0.1) is 5.69 Å². The van der Waals surface area contributed by atoms with E-state index >= 15 is 0 Å². The van der Waals surface area contributed by atoms with Crippen molar-refractivity contribution in [1.82, 2.24) is 9.97 Å². The summed E-state index contributed by atoms with van der Waals surface area (Å²) in [6.07, 6.45) is 1.46. The lowest BCUT2D eigenvalue weighted by Crippen LogP contribution is -2.08. The van der Waals surface area contributed by atoms with Crippen LogP contribution in [-0.2, 0) is 0 Å². The van der Waals surface area contributed by atoms with Crippen LogP contribution in [0.4, 0.5) is 42.0 Å². The summed E-state index contributed by atoms with van der Waals surface area (Å²) in [5, 5.41) is 5.63. The molecule has 5 nitrogen and oxygen atoms in total. The lowest BCUT2D eigenvalue weighted by atomic mass is 10.2. The van der Waals surface area contributed by atoms with E-state index in [1.54, 1.807) is 0 Å². The average Bonchev–Trinajstić information content (AvgIpc) is 2.63. The van der Waals surface area contributed by atoms with Crippen LogP contribution >= 0.6 is 0 Å². The third-order valence-electron chi connectivity index (χ3n) is 3.59. The molecular formula is C18H16F3N5. The average molecular weight is 359 g/mol. The summed E-state index contributed by atoms with van der Waals surface area (Å²) in [7, 11) is 3.89. The highest BCUT2D eigenvalue weighted by Crippen LogP contribution is 2.24. The van der Waals surface area contributed by atoms with Crippen molar-refractivity contribution in [1.29, 1.82) is 0 Å². The van der Waals surface area contributed by atoms with Crippen LogP contribution in [0.2, 0.25) is 0 Å². The van der Waals surface area contributed by atoms with E-state index in [-0.39, 0.29) is 17.5 Å². The van der Waals surface area contributed by atoms with Gasteiger partial charge in [-0.05, 0) is 42.5 Å². The maximum Gasteiger partial charge on any atom is 0.229 e. The molecule has 0 saturated carbocycles. The molecule has 134 valence electrons. The largest absolute Gasteiger partial charge is 0.378 e. The third-order valence-corrected chi connectivity index (χ3v) is 3.59. The molecule has 2 aromatic carbocycles. The Morgan fingerprint density at radius 3 is 2.27 bits per heavy atom. The molecule has 0 amide bonds. The Hall–Kier alpha value is -3.29. The van der Waals surface area contributed by atoms with E-state index in [1.807, 2.05) is 43.3 Å². The number of hydrogen-bond acceptors (Lipinski definition) is 5. The monoisotopic (exact) mass is 359 g/mol. The van der Waals surface area contributed by atoms with Gasteiger partial charge in [0.15, 0.2) is 17.5 Å². The van der Waals surface area contributed by atoms with E-state index in [0.717, 1.165) is 23.5 Å². The molecule has 0 saturated heterocycles. The van der Waals surface area contributed by atoms with E-state index in [0.29, 0.717) is 0 Å². The SMILES string of the molecule is CN(C)c1ccc(Nc2nccc(Nc3ccc(F)c(F)c3F)n2)cc1. The van der Waals surface area contributed by atoms with Crippen LogP contribution in [0, 0.1) is 17.5 Å². The molecule has 0 bridgehead atoms. The van der Waals surface area contributed by atoms with Crippen molar-refractivity contribution in [2.24, 2.45) is 0 Å². The summed E-state index contributed by atoms with van der Waals surface area (Å²) < 4.78 is 40.1. The number of anilines is 5. The lowest BCUT2D eigenvalue weighted by Gasteiger charge is -2.13. The topological polar surface area (TPSA) is 53.1 Å². The molecule has 0 unspecified atom stereocenters. The molecule has 2 N–H and O–H groups in total. The standard InChI is InChI=1S/C18H16F3N5/c1-26(2)12-5-3-11(4-6-12)23-18-22-10-9-15(25-18)24-14-8-7-13(19)16(20)17(14)21/h3-10H,1-2H3,(H2,22,23,24,25). The molecular weight excluding hydrogens is 343 g/mol. The van der Waals surface area contributed by atoms with Crippen molar-refractivity contribution in [3.63, 3.8) is 0 Å². The fourth-order valence-corrected chi connectivity index (χ4v) is 2.22. The van der Waals surface area contributed by atoms with E-state index in [9.17, 15) is 13.2 Å². The Kier molecular flexibility index (Phi) is 4.92. The number of hydrogen-bond donors (Lipinski definition) is 2. The van der Waals surface area contributed by atoms with Crippen LogP contribution in [-0.4, -0.2) is 24.1 Å². The molecule has 0 atom stereocenters. The molecule has 1 aromatic heterocycles. The Morgan fingerprint density at radius 2 is 1.58 bits per heavy atom. The second kappa shape index (κ2) is 7.30. The summed E-state index contributed by atoms with van der Waals surface area (Å²) in [5.74, 6) is -3.59. The van der Waals surface area contributed by atoms with E-state index in [1.165, 1.54) is 12.3 Å². The van der Waals surface area contributed by atoms with E-state index in [2.05, 4.69) is 20.6 Å². The van der Waals surface area contributed by atoms with Crippen molar-refractivity contribution >= 4 is 28.8 Å². The van der Waals surface area contributed by atoms with Gasteiger partial charge >= 0.3 is 0 Å². The summed E-state index contributed by atoms with van der Waals surface area (Å²) in [5.41, 5.74) is 1.59. The molecule has 8 heteroatoms. The predicted octanol–water partition coefficient (Wildman–Crippen LogP) is 4.45. The number of aromatic nitrogens is 2. The van der Waals surface area contributed by atoms with Gasteiger partial charge in [0.25, 0.3) is 0 Å². The highest BCUT2D eigenvalue weighted by molar-refractivity contribution is 5.61. The molecule has 0 radical (unpaired) electrons. The van der Waals surface area contributed by atoms with Crippen molar-refractivity contribution in [3.05, 3.63) is 66.1 Å². The number of rotatable bonds is 5. The minimum absolute atomic E-state index is 0.219. The maximum atomic E-state index is 13.8. The summed E-state index contributed by atoms with van der Waals surface area (Å²) >= 11 is 0. The van der Waals surface area contributed by atoms with Gasteiger partial charge in [-0.1, -0.05) is 0 Å². The zero-order valence-electron chi connectivity index (χ0n) is 14.1. The molecule has 0 aliphatic rings. The second-order valence-electron chi connectivity index (χ2n) is 5.68. The zero-order valence-corrected chi connectivity index (χ0v) is 14.1. The van der Waals surface area contributed by atoms with E-state index < -0.39 is 17.5 Å².